The molecule has 0 aliphatic heterocycles. The van der Waals surface area contributed by atoms with Crippen LogP contribution in [0, 0.1) is 16.7 Å². The minimum atomic E-state index is -0.201. The normalized spacial score (nSPS) is 20.1. The number of nitrogens with one attached hydrogen (secondary N) is 1. The summed E-state index contributed by atoms with van der Waals surface area (Å²) in [5.74, 6) is 0.274. The summed E-state index contributed by atoms with van der Waals surface area (Å²) in [5, 5.41) is 3.35. The van der Waals surface area contributed by atoms with Gasteiger partial charge in [-0.05, 0) is 28.9 Å². The molecule has 3 nitrogen and oxygen atoms in total. The predicted octanol–water partition coefficient (Wildman–Crippen LogP) is 3.80. The van der Waals surface area contributed by atoms with Crippen molar-refractivity contribution < 1.29 is 4.79 Å². The second-order valence-electron chi connectivity index (χ2n) is 6.18. The summed E-state index contributed by atoms with van der Waals surface area (Å²) in [6.07, 6.45) is 0. The van der Waals surface area contributed by atoms with Crippen molar-refractivity contribution in [2.24, 2.45) is 16.7 Å². The number of amides is 1. The van der Waals surface area contributed by atoms with E-state index in [4.69, 9.17) is 23.2 Å². The number of pyridine rings is 1. The van der Waals surface area contributed by atoms with Crippen LogP contribution in [0.4, 0.5) is 0 Å². The van der Waals surface area contributed by atoms with Gasteiger partial charge in [0.25, 0.3) is 5.91 Å². The Morgan fingerprint density at radius 3 is 2.32 bits per heavy atom. The zero-order chi connectivity index (χ0) is 14.4. The smallest absolute Gasteiger partial charge is 0.254 e. The van der Waals surface area contributed by atoms with E-state index in [0.717, 1.165) is 0 Å². The van der Waals surface area contributed by atoms with E-state index in [0.29, 0.717) is 18.0 Å². The zero-order valence-electron chi connectivity index (χ0n) is 11.6. The number of rotatable bonds is 3. The Balaban J connectivity index is 2.00. The summed E-state index contributed by atoms with van der Waals surface area (Å²) in [6.45, 7) is 9.54. The molecule has 2 rings (SSSR count). The average molecular weight is 301 g/mol. The maximum absolute atomic E-state index is 12.1. The molecule has 1 saturated carbocycles. The zero-order valence-corrected chi connectivity index (χ0v) is 13.1. The predicted molar refractivity (Wildman–Crippen MR) is 77.6 cm³/mol. The molecular formula is C14H18Cl2N2O. The van der Waals surface area contributed by atoms with Gasteiger partial charge < -0.3 is 5.32 Å². The summed E-state index contributed by atoms with van der Waals surface area (Å²) in [4.78, 5) is 15.9. The van der Waals surface area contributed by atoms with Crippen LogP contribution in [0.3, 0.4) is 0 Å². The van der Waals surface area contributed by atoms with Crippen molar-refractivity contribution >= 4 is 29.1 Å². The number of hydrogen-bond acceptors (Lipinski definition) is 2. The molecular weight excluding hydrogens is 283 g/mol. The molecule has 1 aliphatic rings. The second kappa shape index (κ2) is 4.64. The Bertz CT molecular complexity index is 512. The molecule has 1 N–H and O–H groups in total. The summed E-state index contributed by atoms with van der Waals surface area (Å²) in [7, 11) is 0. The molecule has 1 amide bonds. The second-order valence-corrected chi connectivity index (χ2v) is 6.92. The third-order valence-electron chi connectivity index (χ3n) is 4.85. The molecule has 104 valence electrons. The van der Waals surface area contributed by atoms with Gasteiger partial charge in [0, 0.05) is 6.54 Å². The van der Waals surface area contributed by atoms with Crippen molar-refractivity contribution in [2.75, 3.05) is 6.54 Å². The lowest BCUT2D eigenvalue weighted by atomic mass is 10.0. The summed E-state index contributed by atoms with van der Waals surface area (Å²) < 4.78 is 0. The molecule has 0 spiro atoms. The monoisotopic (exact) mass is 300 g/mol. The molecule has 1 aromatic heterocycles. The highest BCUT2D eigenvalue weighted by Crippen LogP contribution is 2.67. The molecule has 0 aromatic carbocycles. The first-order valence-corrected chi connectivity index (χ1v) is 7.04. The van der Waals surface area contributed by atoms with Crippen LogP contribution >= 0.6 is 23.2 Å². The third kappa shape index (κ3) is 2.46. The topological polar surface area (TPSA) is 42.0 Å². The first kappa shape index (κ1) is 14.6. The van der Waals surface area contributed by atoms with E-state index in [1.807, 2.05) is 0 Å². The number of carbonyl (C=O) groups is 1. The fourth-order valence-corrected chi connectivity index (χ4v) is 3.15. The van der Waals surface area contributed by atoms with Crippen LogP contribution in [0.25, 0.3) is 0 Å². The minimum Gasteiger partial charge on any atom is -0.352 e. The van der Waals surface area contributed by atoms with E-state index in [-0.39, 0.29) is 27.0 Å². The van der Waals surface area contributed by atoms with Crippen molar-refractivity contribution in [3.63, 3.8) is 0 Å². The number of nitrogens with zero attached hydrogens (tertiary/aromatic N) is 1. The van der Waals surface area contributed by atoms with Crippen LogP contribution in [-0.4, -0.2) is 17.4 Å². The molecule has 1 aliphatic carbocycles. The van der Waals surface area contributed by atoms with Crippen molar-refractivity contribution in [2.45, 2.75) is 27.7 Å². The van der Waals surface area contributed by atoms with Gasteiger partial charge in [0.05, 0.1) is 5.56 Å². The van der Waals surface area contributed by atoms with Crippen LogP contribution < -0.4 is 5.32 Å². The minimum absolute atomic E-state index is 0.138. The van der Waals surface area contributed by atoms with Crippen molar-refractivity contribution in [3.8, 4) is 0 Å². The molecule has 0 saturated heterocycles. The van der Waals surface area contributed by atoms with Crippen LogP contribution in [0.2, 0.25) is 10.3 Å². The summed E-state index contributed by atoms with van der Waals surface area (Å²) in [5.41, 5.74) is 0.868. The molecule has 0 unspecified atom stereocenters. The van der Waals surface area contributed by atoms with E-state index >= 15 is 0 Å². The highest BCUT2D eigenvalue weighted by atomic mass is 35.5. The Morgan fingerprint density at radius 1 is 1.26 bits per heavy atom. The quantitative estimate of drug-likeness (QED) is 0.863. The molecule has 19 heavy (non-hydrogen) atoms. The van der Waals surface area contributed by atoms with Gasteiger partial charge in [0.2, 0.25) is 0 Å². The molecule has 1 aromatic rings. The van der Waals surface area contributed by atoms with E-state index in [1.54, 1.807) is 12.1 Å². The van der Waals surface area contributed by atoms with Crippen LogP contribution in [0.1, 0.15) is 38.1 Å². The van der Waals surface area contributed by atoms with Crippen molar-refractivity contribution in [1.29, 1.82) is 0 Å². The van der Waals surface area contributed by atoms with Gasteiger partial charge >= 0.3 is 0 Å². The Hall–Kier alpha value is -0.800. The number of halogens is 2. The van der Waals surface area contributed by atoms with Gasteiger partial charge in [-0.2, -0.15) is 0 Å². The summed E-state index contributed by atoms with van der Waals surface area (Å²) >= 11 is 11.6. The van der Waals surface area contributed by atoms with Crippen molar-refractivity contribution in [1.82, 2.24) is 10.3 Å². The lowest BCUT2D eigenvalue weighted by Crippen LogP contribution is -2.27. The first-order valence-electron chi connectivity index (χ1n) is 6.28. The van der Waals surface area contributed by atoms with Gasteiger partial charge in [-0.3, -0.25) is 4.79 Å². The third-order valence-corrected chi connectivity index (χ3v) is 5.34. The van der Waals surface area contributed by atoms with Gasteiger partial charge in [-0.25, -0.2) is 4.98 Å². The van der Waals surface area contributed by atoms with Gasteiger partial charge in [-0.15, -0.1) is 0 Å². The number of hydrogen-bond donors (Lipinski definition) is 1. The van der Waals surface area contributed by atoms with Crippen LogP contribution in [-0.2, 0) is 0 Å². The van der Waals surface area contributed by atoms with E-state index in [2.05, 4.69) is 38.0 Å². The molecule has 1 heterocycles. The highest BCUT2D eigenvalue weighted by molar-refractivity contribution is 6.34. The maximum atomic E-state index is 12.1. The Kier molecular flexibility index (Phi) is 3.56. The fraction of sp³-hybridized carbons (Fsp3) is 0.571. The Morgan fingerprint density at radius 2 is 1.84 bits per heavy atom. The fourth-order valence-electron chi connectivity index (χ4n) is 2.71. The average Bonchev–Trinajstić information content (AvgIpc) is 2.66. The van der Waals surface area contributed by atoms with E-state index in [9.17, 15) is 4.79 Å². The highest BCUT2D eigenvalue weighted by Gasteiger charge is 2.64. The molecule has 0 atom stereocenters. The van der Waals surface area contributed by atoms with E-state index in [1.165, 1.54) is 0 Å². The van der Waals surface area contributed by atoms with Crippen LogP contribution in [0.15, 0.2) is 12.1 Å². The molecule has 5 heteroatoms. The van der Waals surface area contributed by atoms with Gasteiger partial charge in [0.15, 0.2) is 0 Å². The van der Waals surface area contributed by atoms with E-state index < -0.39 is 0 Å². The standard InChI is InChI=1S/C14H18Cl2N2O/c1-13(2)9(14(13,3)4)7-17-12(19)8-5-6-10(15)18-11(8)16/h5-6,9H,7H2,1-4H3,(H,17,19). The van der Waals surface area contributed by atoms with Crippen LogP contribution in [0.5, 0.6) is 0 Å². The van der Waals surface area contributed by atoms with Gasteiger partial charge in [0.1, 0.15) is 10.3 Å². The number of aromatic nitrogens is 1. The number of carbonyl (C=O) groups excluding carboxylic acids is 1. The van der Waals surface area contributed by atoms with Gasteiger partial charge in [-0.1, -0.05) is 50.9 Å². The Labute approximate surface area is 123 Å². The largest absolute Gasteiger partial charge is 0.352 e. The molecule has 1 fully saturated rings. The molecule has 0 bridgehead atoms. The summed E-state index contributed by atoms with van der Waals surface area (Å²) in [6, 6.07) is 3.16. The first-order chi connectivity index (χ1) is 8.68. The molecule has 0 radical (unpaired) electrons. The SMILES string of the molecule is CC1(C)C(CNC(=O)c2ccc(Cl)nc2Cl)C1(C)C. The van der Waals surface area contributed by atoms with Crippen molar-refractivity contribution in [3.05, 3.63) is 28.0 Å². The lowest BCUT2D eigenvalue weighted by Gasteiger charge is -2.07. The maximum Gasteiger partial charge on any atom is 0.254 e. The lowest BCUT2D eigenvalue weighted by molar-refractivity contribution is 0.0949.